The van der Waals surface area contributed by atoms with E-state index in [-0.39, 0.29) is 11.8 Å². The lowest BCUT2D eigenvalue weighted by molar-refractivity contribution is -0.126. The second-order valence-electron chi connectivity index (χ2n) is 8.20. The Bertz CT molecular complexity index is 1140. The lowest BCUT2D eigenvalue weighted by Crippen LogP contribution is -2.38. The van der Waals surface area contributed by atoms with Crippen LogP contribution in [0.2, 0.25) is 0 Å². The zero-order valence-corrected chi connectivity index (χ0v) is 17.6. The fourth-order valence-electron chi connectivity index (χ4n) is 4.86. The third kappa shape index (κ3) is 3.02. The summed E-state index contributed by atoms with van der Waals surface area (Å²) in [6.45, 7) is 5.87. The van der Waals surface area contributed by atoms with Crippen LogP contribution in [0.1, 0.15) is 28.3 Å². The van der Waals surface area contributed by atoms with Crippen LogP contribution in [0.15, 0.2) is 67.0 Å². The maximum atomic E-state index is 13.7. The van der Waals surface area contributed by atoms with E-state index in [1.807, 2.05) is 75.4 Å². The minimum Gasteiger partial charge on any atom is -0.273 e. The van der Waals surface area contributed by atoms with E-state index in [0.717, 1.165) is 27.9 Å². The van der Waals surface area contributed by atoms with Gasteiger partial charge in [0.25, 0.3) is 5.91 Å². The number of aryl methyl sites for hydroxylation is 3. The number of aromatic nitrogens is 1. The van der Waals surface area contributed by atoms with Crippen molar-refractivity contribution in [3.8, 4) is 0 Å². The van der Waals surface area contributed by atoms with Gasteiger partial charge < -0.3 is 0 Å². The predicted molar refractivity (Wildman–Crippen MR) is 117 cm³/mol. The first kappa shape index (κ1) is 19.5. The standard InChI is InChI=1S/C25H23N3O3/c1-15-13-16(2)21(17(3)14-15)27-24(29)20-22(18-9-11-26-12-10-18)28(31-23(20)25(27)30)19-7-5-4-6-8-19/h4-14,20,22-23H,1-3H3/t20-,22-,23+/m0/s1. The summed E-state index contributed by atoms with van der Waals surface area (Å²) in [5.41, 5.74) is 5.25. The Balaban J connectivity index is 1.61. The lowest BCUT2D eigenvalue weighted by Gasteiger charge is -2.29. The highest BCUT2D eigenvalue weighted by molar-refractivity contribution is 6.24. The number of benzene rings is 2. The summed E-state index contributed by atoms with van der Waals surface area (Å²) in [4.78, 5) is 38.8. The molecule has 6 nitrogen and oxygen atoms in total. The van der Waals surface area contributed by atoms with Gasteiger partial charge in [-0.15, -0.1) is 0 Å². The topological polar surface area (TPSA) is 62.7 Å². The van der Waals surface area contributed by atoms with E-state index in [1.165, 1.54) is 4.90 Å². The largest absolute Gasteiger partial charge is 0.273 e. The molecule has 0 aliphatic carbocycles. The van der Waals surface area contributed by atoms with Crippen molar-refractivity contribution < 1.29 is 14.4 Å². The first-order valence-electron chi connectivity index (χ1n) is 10.3. The van der Waals surface area contributed by atoms with Crippen LogP contribution >= 0.6 is 0 Å². The molecule has 2 fully saturated rings. The first-order valence-corrected chi connectivity index (χ1v) is 10.3. The Morgan fingerprint density at radius 1 is 0.871 bits per heavy atom. The van der Waals surface area contributed by atoms with E-state index in [2.05, 4.69) is 4.98 Å². The summed E-state index contributed by atoms with van der Waals surface area (Å²) in [5.74, 6) is -1.19. The van der Waals surface area contributed by atoms with E-state index in [9.17, 15) is 9.59 Å². The van der Waals surface area contributed by atoms with Crippen LogP contribution in [0.5, 0.6) is 0 Å². The molecule has 0 bridgehead atoms. The summed E-state index contributed by atoms with van der Waals surface area (Å²) in [6, 6.07) is 16.9. The quantitative estimate of drug-likeness (QED) is 0.606. The maximum Gasteiger partial charge on any atom is 0.266 e. The Kier molecular flexibility index (Phi) is 4.59. The van der Waals surface area contributed by atoms with Crippen molar-refractivity contribution in [1.82, 2.24) is 4.98 Å². The fourth-order valence-corrected chi connectivity index (χ4v) is 4.86. The van der Waals surface area contributed by atoms with E-state index in [1.54, 1.807) is 17.5 Å². The van der Waals surface area contributed by atoms with Crippen LogP contribution in [0.25, 0.3) is 0 Å². The van der Waals surface area contributed by atoms with Gasteiger partial charge in [0.15, 0.2) is 6.10 Å². The molecule has 2 aromatic carbocycles. The number of fused-ring (bicyclic) bond motifs is 1. The number of hydrogen-bond donors (Lipinski definition) is 0. The Morgan fingerprint density at radius 2 is 1.52 bits per heavy atom. The number of anilines is 2. The van der Waals surface area contributed by atoms with Crippen LogP contribution in [-0.2, 0) is 14.4 Å². The molecule has 3 heterocycles. The smallest absolute Gasteiger partial charge is 0.266 e. The summed E-state index contributed by atoms with van der Waals surface area (Å²) in [5, 5.41) is 1.70. The number of imide groups is 1. The van der Waals surface area contributed by atoms with Gasteiger partial charge in [0.1, 0.15) is 5.92 Å². The van der Waals surface area contributed by atoms with Gasteiger partial charge in [-0.05, 0) is 61.7 Å². The Hall–Kier alpha value is -3.51. The molecule has 0 N–H and O–H groups in total. The van der Waals surface area contributed by atoms with Crippen molar-refractivity contribution >= 4 is 23.2 Å². The second kappa shape index (κ2) is 7.32. The van der Waals surface area contributed by atoms with Crippen LogP contribution in [0.4, 0.5) is 11.4 Å². The SMILES string of the molecule is Cc1cc(C)c(N2C(=O)[C@@H]3[C@@H](ON(c4ccccc4)[C@H]3c3ccncc3)C2=O)c(C)c1. The molecule has 0 spiro atoms. The average Bonchev–Trinajstić information content (AvgIpc) is 3.26. The first-order chi connectivity index (χ1) is 15.0. The zero-order valence-electron chi connectivity index (χ0n) is 17.6. The monoisotopic (exact) mass is 413 g/mol. The Labute approximate surface area is 181 Å². The van der Waals surface area contributed by atoms with Crippen molar-refractivity contribution in [3.05, 3.63) is 89.2 Å². The molecule has 31 heavy (non-hydrogen) atoms. The molecule has 0 radical (unpaired) electrons. The number of nitrogens with zero attached hydrogens (tertiary/aromatic N) is 3. The van der Waals surface area contributed by atoms with E-state index in [4.69, 9.17) is 4.84 Å². The molecule has 5 rings (SSSR count). The molecule has 2 aliphatic heterocycles. The summed E-state index contributed by atoms with van der Waals surface area (Å²) >= 11 is 0. The van der Waals surface area contributed by atoms with Crippen LogP contribution in [0, 0.1) is 26.7 Å². The number of hydroxylamine groups is 1. The molecule has 6 heteroatoms. The second-order valence-corrected chi connectivity index (χ2v) is 8.20. The third-order valence-corrected chi connectivity index (χ3v) is 6.03. The van der Waals surface area contributed by atoms with Crippen LogP contribution in [-0.4, -0.2) is 22.9 Å². The van der Waals surface area contributed by atoms with Crippen molar-refractivity contribution in [2.75, 3.05) is 9.96 Å². The zero-order chi connectivity index (χ0) is 21.7. The number of hydrogen-bond acceptors (Lipinski definition) is 5. The molecule has 156 valence electrons. The van der Waals surface area contributed by atoms with E-state index in [0.29, 0.717) is 5.69 Å². The van der Waals surface area contributed by atoms with Crippen molar-refractivity contribution in [2.24, 2.45) is 5.92 Å². The molecule has 2 amide bonds. The summed E-state index contributed by atoms with van der Waals surface area (Å²) in [6.07, 6.45) is 2.52. The number of pyridine rings is 1. The lowest BCUT2D eigenvalue weighted by atomic mass is 9.91. The van der Waals surface area contributed by atoms with E-state index < -0.39 is 18.1 Å². The minimum absolute atomic E-state index is 0.231. The summed E-state index contributed by atoms with van der Waals surface area (Å²) in [7, 11) is 0. The van der Waals surface area contributed by atoms with Gasteiger partial charge in [0.05, 0.1) is 17.4 Å². The van der Waals surface area contributed by atoms with Crippen molar-refractivity contribution in [3.63, 3.8) is 0 Å². The third-order valence-electron chi connectivity index (χ3n) is 6.03. The van der Waals surface area contributed by atoms with Crippen LogP contribution in [0.3, 0.4) is 0 Å². The van der Waals surface area contributed by atoms with Crippen LogP contribution < -0.4 is 9.96 Å². The number of amides is 2. The number of rotatable bonds is 3. The predicted octanol–water partition coefficient (Wildman–Crippen LogP) is 4.06. The number of carbonyl (C=O) groups is 2. The highest BCUT2D eigenvalue weighted by atomic mass is 16.7. The van der Waals surface area contributed by atoms with Crippen molar-refractivity contribution in [1.29, 1.82) is 0 Å². The molecule has 0 unspecified atom stereocenters. The number of carbonyl (C=O) groups excluding carboxylic acids is 2. The average molecular weight is 413 g/mol. The normalized spacial score (nSPS) is 22.9. The molecule has 1 aromatic heterocycles. The Morgan fingerprint density at radius 3 is 2.16 bits per heavy atom. The highest BCUT2D eigenvalue weighted by Crippen LogP contribution is 2.48. The van der Waals surface area contributed by atoms with Gasteiger partial charge in [-0.3, -0.25) is 19.4 Å². The maximum absolute atomic E-state index is 13.7. The van der Waals surface area contributed by atoms with Gasteiger partial charge >= 0.3 is 0 Å². The molecular weight excluding hydrogens is 390 g/mol. The van der Waals surface area contributed by atoms with Gasteiger partial charge in [-0.2, -0.15) is 0 Å². The van der Waals surface area contributed by atoms with Gasteiger partial charge in [0, 0.05) is 12.4 Å². The molecule has 3 aromatic rings. The van der Waals surface area contributed by atoms with Gasteiger partial charge in [-0.1, -0.05) is 35.9 Å². The minimum atomic E-state index is -0.869. The molecular formula is C25H23N3O3. The van der Waals surface area contributed by atoms with Gasteiger partial charge in [-0.25, -0.2) is 9.96 Å². The molecule has 2 saturated heterocycles. The molecule has 0 saturated carbocycles. The fraction of sp³-hybridized carbons (Fsp3) is 0.240. The molecule has 3 atom stereocenters. The van der Waals surface area contributed by atoms with E-state index >= 15 is 0 Å². The summed E-state index contributed by atoms with van der Waals surface area (Å²) < 4.78 is 0. The number of para-hydroxylation sites is 1. The van der Waals surface area contributed by atoms with Gasteiger partial charge in [0.2, 0.25) is 5.91 Å². The molecule has 2 aliphatic rings. The van der Waals surface area contributed by atoms with Crippen molar-refractivity contribution in [2.45, 2.75) is 32.9 Å². The highest BCUT2D eigenvalue weighted by Gasteiger charge is 2.60.